The summed E-state index contributed by atoms with van der Waals surface area (Å²) in [7, 11) is 0. The Morgan fingerprint density at radius 2 is 1.88 bits per heavy atom. The van der Waals surface area contributed by atoms with Gasteiger partial charge in [-0.25, -0.2) is 0 Å². The predicted octanol–water partition coefficient (Wildman–Crippen LogP) is 0.830. The molecule has 0 amide bonds. The van der Waals surface area contributed by atoms with Crippen molar-refractivity contribution < 1.29 is 30.0 Å². The third-order valence-corrected chi connectivity index (χ3v) is 7.84. The minimum atomic E-state index is -2.44. The van der Waals surface area contributed by atoms with E-state index in [4.69, 9.17) is 4.74 Å². The van der Waals surface area contributed by atoms with Crippen LogP contribution >= 0.6 is 0 Å². The number of aliphatic hydroxyl groups excluding tert-OH is 1. The number of fused-ring (bicyclic) bond motifs is 1. The minimum absolute atomic E-state index is 0.0685. The third-order valence-electron chi connectivity index (χ3n) is 7.84. The van der Waals surface area contributed by atoms with Crippen LogP contribution in [0.5, 0.6) is 0 Å². The van der Waals surface area contributed by atoms with Crippen molar-refractivity contribution in [1.29, 1.82) is 0 Å². The third kappa shape index (κ3) is 1.53. The Hall–Kier alpha value is -1.05. The molecule has 4 aliphatic rings. The van der Waals surface area contributed by atoms with E-state index in [9.17, 15) is 25.2 Å². The summed E-state index contributed by atoms with van der Waals surface area (Å²) in [6.07, 6.45) is 3.67. The highest BCUT2D eigenvalue weighted by molar-refractivity contribution is 6.06. The Morgan fingerprint density at radius 3 is 2.50 bits per heavy atom. The van der Waals surface area contributed by atoms with Gasteiger partial charge in [-0.2, -0.15) is 0 Å². The molecule has 0 radical (unpaired) electrons. The molecule has 26 heavy (non-hydrogen) atoms. The van der Waals surface area contributed by atoms with Gasteiger partial charge in [0.2, 0.25) is 5.78 Å². The lowest BCUT2D eigenvalue weighted by Crippen LogP contribution is -2.83. The highest BCUT2D eigenvalue weighted by Gasteiger charge is 2.88. The fourth-order valence-electron chi connectivity index (χ4n) is 6.32. The predicted molar refractivity (Wildman–Crippen MR) is 92.9 cm³/mol. The molecule has 6 atom stereocenters. The molecular formula is C20H28O6. The van der Waals surface area contributed by atoms with Crippen LogP contribution in [-0.2, 0) is 9.53 Å². The maximum atomic E-state index is 13.3. The quantitative estimate of drug-likeness (QED) is 0.514. The van der Waals surface area contributed by atoms with Gasteiger partial charge in [-0.15, -0.1) is 6.58 Å². The molecule has 0 spiro atoms. The first-order valence-corrected chi connectivity index (χ1v) is 9.26. The SMILES string of the molecule is C=CC1(C)C=C2C(=O)C3(O)OCC4(CCCC(C)(C)C34O)C2(O)C(O)C1. The zero-order valence-corrected chi connectivity index (χ0v) is 15.6. The van der Waals surface area contributed by atoms with E-state index < -0.39 is 45.1 Å². The van der Waals surface area contributed by atoms with Crippen molar-refractivity contribution >= 4 is 5.78 Å². The molecule has 3 aliphatic carbocycles. The number of hydrogen-bond donors (Lipinski definition) is 4. The molecule has 2 bridgehead atoms. The topological polar surface area (TPSA) is 107 Å². The monoisotopic (exact) mass is 364 g/mol. The van der Waals surface area contributed by atoms with Crippen molar-refractivity contribution in [2.24, 2.45) is 16.2 Å². The van der Waals surface area contributed by atoms with Crippen LogP contribution in [0.15, 0.2) is 24.3 Å². The van der Waals surface area contributed by atoms with Crippen LogP contribution in [-0.4, -0.2) is 55.9 Å². The average Bonchev–Trinajstić information content (AvgIpc) is 2.79. The zero-order chi connectivity index (χ0) is 19.4. The van der Waals surface area contributed by atoms with Crippen LogP contribution in [0.4, 0.5) is 0 Å². The van der Waals surface area contributed by atoms with E-state index in [-0.39, 0.29) is 18.6 Å². The lowest BCUT2D eigenvalue weighted by atomic mass is 9.39. The molecule has 6 unspecified atom stereocenters. The molecule has 4 rings (SSSR count). The second-order valence-electron chi connectivity index (χ2n) is 9.55. The molecule has 0 aromatic rings. The van der Waals surface area contributed by atoms with Gasteiger partial charge in [-0.05, 0) is 19.3 Å². The second-order valence-corrected chi connectivity index (χ2v) is 9.55. The van der Waals surface area contributed by atoms with Crippen LogP contribution in [0, 0.1) is 16.2 Å². The Balaban J connectivity index is 2.07. The largest absolute Gasteiger partial charge is 0.390 e. The van der Waals surface area contributed by atoms with Crippen molar-refractivity contribution in [1.82, 2.24) is 0 Å². The smallest absolute Gasteiger partial charge is 0.262 e. The Kier molecular flexibility index (Phi) is 3.29. The van der Waals surface area contributed by atoms with Gasteiger partial charge >= 0.3 is 0 Å². The number of aliphatic hydroxyl groups is 4. The van der Waals surface area contributed by atoms with Gasteiger partial charge in [0.15, 0.2) is 0 Å². The number of allylic oxidation sites excluding steroid dienone is 2. The average molecular weight is 364 g/mol. The molecular weight excluding hydrogens is 336 g/mol. The van der Waals surface area contributed by atoms with Crippen LogP contribution < -0.4 is 0 Å². The van der Waals surface area contributed by atoms with Crippen LogP contribution in [0.3, 0.4) is 0 Å². The number of rotatable bonds is 1. The molecule has 2 saturated carbocycles. The molecule has 6 heteroatoms. The van der Waals surface area contributed by atoms with E-state index >= 15 is 0 Å². The van der Waals surface area contributed by atoms with E-state index in [0.717, 1.165) is 0 Å². The molecule has 6 nitrogen and oxygen atoms in total. The van der Waals surface area contributed by atoms with Gasteiger partial charge in [0.05, 0.1) is 18.1 Å². The van der Waals surface area contributed by atoms with E-state index in [1.807, 2.05) is 0 Å². The molecule has 3 fully saturated rings. The Bertz CT molecular complexity index is 743. The Morgan fingerprint density at radius 1 is 1.23 bits per heavy atom. The fraction of sp³-hybridized carbons (Fsp3) is 0.750. The normalized spacial score (nSPS) is 55.0. The van der Waals surface area contributed by atoms with Gasteiger partial charge in [0, 0.05) is 16.4 Å². The summed E-state index contributed by atoms with van der Waals surface area (Å²) >= 11 is 0. The Labute approximate surface area is 153 Å². The van der Waals surface area contributed by atoms with Crippen LogP contribution in [0.25, 0.3) is 0 Å². The number of hydrogen-bond acceptors (Lipinski definition) is 6. The fourth-order valence-corrected chi connectivity index (χ4v) is 6.32. The molecule has 1 heterocycles. The van der Waals surface area contributed by atoms with E-state index in [1.54, 1.807) is 32.9 Å². The highest BCUT2D eigenvalue weighted by atomic mass is 16.7. The van der Waals surface area contributed by atoms with Gasteiger partial charge in [0.1, 0.15) is 11.2 Å². The van der Waals surface area contributed by atoms with Crippen LogP contribution in [0.2, 0.25) is 0 Å². The first kappa shape index (κ1) is 18.3. The molecule has 1 saturated heterocycles. The summed E-state index contributed by atoms with van der Waals surface area (Å²) in [5, 5.41) is 46.0. The van der Waals surface area contributed by atoms with Crippen molar-refractivity contribution in [3.63, 3.8) is 0 Å². The minimum Gasteiger partial charge on any atom is -0.390 e. The maximum Gasteiger partial charge on any atom is 0.262 e. The summed E-state index contributed by atoms with van der Waals surface area (Å²) in [4.78, 5) is 13.3. The van der Waals surface area contributed by atoms with Crippen molar-refractivity contribution in [3.8, 4) is 0 Å². The molecule has 1 aliphatic heterocycles. The molecule has 0 aromatic carbocycles. The van der Waals surface area contributed by atoms with E-state index in [1.165, 1.54) is 0 Å². The number of carbonyl (C=O) groups is 1. The highest BCUT2D eigenvalue weighted by Crippen LogP contribution is 2.72. The molecule has 0 aromatic heterocycles. The number of Topliss-reactive ketones (excluding diaryl/α,β-unsaturated/α-hetero) is 1. The number of ketones is 1. The molecule has 144 valence electrons. The van der Waals surface area contributed by atoms with Crippen LogP contribution in [0.1, 0.15) is 46.5 Å². The van der Waals surface area contributed by atoms with Gasteiger partial charge in [-0.1, -0.05) is 39.3 Å². The van der Waals surface area contributed by atoms with Crippen molar-refractivity contribution in [2.75, 3.05) is 6.61 Å². The molecule has 4 N–H and O–H groups in total. The maximum absolute atomic E-state index is 13.3. The number of ether oxygens (including phenoxy) is 1. The summed E-state index contributed by atoms with van der Waals surface area (Å²) in [5.74, 6) is -3.30. The number of carbonyl (C=O) groups excluding carboxylic acids is 1. The summed E-state index contributed by atoms with van der Waals surface area (Å²) < 4.78 is 5.58. The zero-order valence-electron chi connectivity index (χ0n) is 15.6. The first-order chi connectivity index (χ1) is 11.9. The lowest BCUT2D eigenvalue weighted by Gasteiger charge is -2.66. The van der Waals surface area contributed by atoms with E-state index in [0.29, 0.717) is 19.3 Å². The van der Waals surface area contributed by atoms with Crippen molar-refractivity contribution in [2.45, 2.75) is 69.5 Å². The lowest BCUT2D eigenvalue weighted by molar-refractivity contribution is -0.327. The van der Waals surface area contributed by atoms with Crippen molar-refractivity contribution in [3.05, 3.63) is 24.3 Å². The van der Waals surface area contributed by atoms with Gasteiger partial charge in [0.25, 0.3) is 5.79 Å². The van der Waals surface area contributed by atoms with Gasteiger partial charge < -0.3 is 25.2 Å². The standard InChI is InChI=1S/C20H28O6/c1-5-16(4)9-12-14(22)19(24)20(25)15(2,3)7-6-8-17(20,11-26-19)18(12,23)13(21)10-16/h5,9,13,21,23-25H,1,6-8,10-11H2,2-4H3. The first-order valence-electron chi connectivity index (χ1n) is 9.26. The summed E-state index contributed by atoms with van der Waals surface area (Å²) in [6, 6.07) is 0. The second kappa shape index (κ2) is 4.67. The van der Waals surface area contributed by atoms with Gasteiger partial charge in [-0.3, -0.25) is 4.79 Å². The van der Waals surface area contributed by atoms with E-state index in [2.05, 4.69) is 6.58 Å². The summed E-state index contributed by atoms with van der Waals surface area (Å²) in [5.41, 5.74) is -7.01. The summed E-state index contributed by atoms with van der Waals surface area (Å²) in [6.45, 7) is 8.93.